The molecule has 118 valence electrons. The monoisotopic (exact) mass is 296 g/mol. The quantitative estimate of drug-likeness (QED) is 0.703. The van der Waals surface area contributed by atoms with Gasteiger partial charge >= 0.3 is 6.09 Å². The number of anilines is 1. The zero-order valence-corrected chi connectivity index (χ0v) is 13.0. The number of carbonyl (C=O) groups excluding carboxylic acids is 1. The number of benzene rings is 1. The summed E-state index contributed by atoms with van der Waals surface area (Å²) in [5.41, 5.74) is 0.314. The fourth-order valence-corrected chi connectivity index (χ4v) is 1.63. The van der Waals surface area contributed by atoms with Crippen molar-refractivity contribution in [1.82, 2.24) is 5.32 Å². The van der Waals surface area contributed by atoms with Crippen molar-refractivity contribution in [3.8, 4) is 11.5 Å². The maximum atomic E-state index is 11.4. The third-order valence-corrected chi connectivity index (χ3v) is 2.53. The van der Waals surface area contributed by atoms with Gasteiger partial charge < -0.3 is 25.2 Å². The molecule has 0 aliphatic rings. The van der Waals surface area contributed by atoms with Crippen molar-refractivity contribution in [1.29, 1.82) is 0 Å². The summed E-state index contributed by atoms with van der Waals surface area (Å²) >= 11 is 0. The first-order valence-corrected chi connectivity index (χ1v) is 6.89. The van der Waals surface area contributed by atoms with Gasteiger partial charge in [-0.15, -0.1) is 0 Å². The number of alkyl carbamates (subject to hydrolysis) is 1. The number of hydrogen-bond donors (Lipinski definition) is 3. The Bertz CT molecular complexity index is 469. The maximum absolute atomic E-state index is 11.4. The number of amides is 1. The van der Waals surface area contributed by atoms with Crippen LogP contribution in [0.4, 0.5) is 10.5 Å². The number of hydrogen-bond acceptors (Lipinski definition) is 5. The molecule has 0 heterocycles. The van der Waals surface area contributed by atoms with Crippen LogP contribution >= 0.6 is 0 Å². The summed E-state index contributed by atoms with van der Waals surface area (Å²) in [6.45, 7) is 6.66. The van der Waals surface area contributed by atoms with Gasteiger partial charge in [0.25, 0.3) is 0 Å². The second kappa shape index (κ2) is 7.61. The van der Waals surface area contributed by atoms with Crippen molar-refractivity contribution >= 4 is 11.8 Å². The molecule has 0 bridgehead atoms. The van der Waals surface area contributed by atoms with Crippen molar-refractivity contribution in [3.63, 3.8) is 0 Å². The molecule has 6 nitrogen and oxygen atoms in total. The predicted molar refractivity (Wildman–Crippen MR) is 82.0 cm³/mol. The van der Waals surface area contributed by atoms with E-state index in [1.165, 1.54) is 7.11 Å². The fourth-order valence-electron chi connectivity index (χ4n) is 1.63. The smallest absolute Gasteiger partial charge is 0.407 e. The molecule has 0 fully saturated rings. The first-order valence-electron chi connectivity index (χ1n) is 6.89. The summed E-state index contributed by atoms with van der Waals surface area (Å²) < 4.78 is 10.1. The van der Waals surface area contributed by atoms with Crippen LogP contribution in [-0.2, 0) is 4.74 Å². The highest BCUT2D eigenvalue weighted by Gasteiger charge is 2.15. The molecule has 1 rings (SSSR count). The molecule has 0 aliphatic heterocycles. The summed E-state index contributed by atoms with van der Waals surface area (Å²) in [5.74, 6) is 0.529. The van der Waals surface area contributed by atoms with Crippen LogP contribution in [0.15, 0.2) is 18.2 Å². The van der Waals surface area contributed by atoms with E-state index < -0.39 is 11.7 Å². The Kier molecular flexibility index (Phi) is 6.14. The average molecular weight is 296 g/mol. The van der Waals surface area contributed by atoms with Crippen LogP contribution in [0.1, 0.15) is 27.2 Å². The third-order valence-electron chi connectivity index (χ3n) is 2.53. The lowest BCUT2D eigenvalue weighted by Gasteiger charge is -2.19. The zero-order valence-electron chi connectivity index (χ0n) is 13.0. The highest BCUT2D eigenvalue weighted by Crippen LogP contribution is 2.28. The lowest BCUT2D eigenvalue weighted by Crippen LogP contribution is -2.33. The van der Waals surface area contributed by atoms with Crippen LogP contribution in [0.2, 0.25) is 0 Å². The van der Waals surface area contributed by atoms with Crippen molar-refractivity contribution < 1.29 is 19.4 Å². The second-order valence-corrected chi connectivity index (χ2v) is 5.60. The van der Waals surface area contributed by atoms with Crippen molar-refractivity contribution in [3.05, 3.63) is 18.2 Å². The van der Waals surface area contributed by atoms with Crippen LogP contribution in [0.25, 0.3) is 0 Å². The van der Waals surface area contributed by atoms with E-state index in [1.54, 1.807) is 12.1 Å². The van der Waals surface area contributed by atoms with Gasteiger partial charge in [0.1, 0.15) is 5.60 Å². The molecule has 0 atom stereocenters. The highest BCUT2D eigenvalue weighted by molar-refractivity contribution is 5.67. The number of nitrogens with one attached hydrogen (secondary N) is 2. The second-order valence-electron chi connectivity index (χ2n) is 5.60. The lowest BCUT2D eigenvalue weighted by molar-refractivity contribution is 0.0528. The van der Waals surface area contributed by atoms with Gasteiger partial charge in [0.05, 0.1) is 7.11 Å². The number of aromatic hydroxyl groups is 1. The van der Waals surface area contributed by atoms with E-state index in [-0.39, 0.29) is 5.75 Å². The standard InChI is InChI=1S/C15H24N2O4/c1-15(2,3)21-14(19)17-9-5-8-16-11-6-7-13(20-4)12(18)10-11/h6-7,10,16,18H,5,8-9H2,1-4H3,(H,17,19). The minimum absolute atomic E-state index is 0.0920. The molecule has 0 aliphatic carbocycles. The Morgan fingerprint density at radius 1 is 1.29 bits per heavy atom. The van der Waals surface area contributed by atoms with E-state index in [4.69, 9.17) is 9.47 Å². The molecule has 0 saturated carbocycles. The Balaban J connectivity index is 2.23. The molecule has 1 aromatic carbocycles. The van der Waals surface area contributed by atoms with E-state index in [2.05, 4.69) is 10.6 Å². The molecule has 1 aromatic rings. The molecule has 3 N–H and O–H groups in total. The number of ether oxygens (including phenoxy) is 2. The predicted octanol–water partition coefficient (Wildman–Crippen LogP) is 2.73. The summed E-state index contributed by atoms with van der Waals surface area (Å²) in [6, 6.07) is 5.11. The van der Waals surface area contributed by atoms with E-state index in [9.17, 15) is 9.90 Å². The van der Waals surface area contributed by atoms with Crippen LogP contribution in [0.5, 0.6) is 11.5 Å². The van der Waals surface area contributed by atoms with Crippen LogP contribution in [0.3, 0.4) is 0 Å². The molecule has 21 heavy (non-hydrogen) atoms. The number of rotatable bonds is 6. The minimum Gasteiger partial charge on any atom is -0.504 e. The molecule has 6 heteroatoms. The van der Waals surface area contributed by atoms with E-state index in [1.807, 2.05) is 26.8 Å². The molecule has 0 spiro atoms. The minimum atomic E-state index is -0.483. The molecule has 0 saturated heterocycles. The average Bonchev–Trinajstić information content (AvgIpc) is 2.36. The third kappa shape index (κ3) is 6.74. The van der Waals surface area contributed by atoms with Crippen LogP contribution in [-0.4, -0.2) is 37.0 Å². The van der Waals surface area contributed by atoms with Gasteiger partial charge in [0, 0.05) is 24.8 Å². The van der Waals surface area contributed by atoms with Crippen LogP contribution < -0.4 is 15.4 Å². The molecule has 0 unspecified atom stereocenters. The molecule has 1 amide bonds. The largest absolute Gasteiger partial charge is 0.504 e. The maximum Gasteiger partial charge on any atom is 0.407 e. The van der Waals surface area contributed by atoms with Gasteiger partial charge in [-0.25, -0.2) is 4.79 Å². The topological polar surface area (TPSA) is 79.8 Å². The SMILES string of the molecule is COc1ccc(NCCCNC(=O)OC(C)(C)C)cc1O. The normalized spacial score (nSPS) is 10.9. The van der Waals surface area contributed by atoms with Gasteiger partial charge in [-0.1, -0.05) is 0 Å². The zero-order chi connectivity index (χ0) is 15.9. The number of phenols is 1. The summed E-state index contributed by atoms with van der Waals surface area (Å²) in [5, 5.41) is 15.5. The first kappa shape index (κ1) is 16.9. The van der Waals surface area contributed by atoms with Gasteiger partial charge in [-0.2, -0.15) is 0 Å². The van der Waals surface area contributed by atoms with Gasteiger partial charge in [-0.05, 0) is 39.3 Å². The fraction of sp³-hybridized carbons (Fsp3) is 0.533. The first-order chi connectivity index (χ1) is 9.81. The van der Waals surface area contributed by atoms with Gasteiger partial charge in [-0.3, -0.25) is 0 Å². The molecular weight excluding hydrogens is 272 g/mol. The number of methoxy groups -OCH3 is 1. The molecular formula is C15H24N2O4. The Labute approximate surface area is 125 Å². The van der Waals surface area contributed by atoms with E-state index >= 15 is 0 Å². The van der Waals surface area contributed by atoms with Crippen molar-refractivity contribution in [2.75, 3.05) is 25.5 Å². The summed E-state index contributed by atoms with van der Waals surface area (Å²) in [7, 11) is 1.50. The number of carbonyl (C=O) groups is 1. The molecule has 0 aromatic heterocycles. The van der Waals surface area contributed by atoms with E-state index in [0.29, 0.717) is 18.8 Å². The highest BCUT2D eigenvalue weighted by atomic mass is 16.6. The Morgan fingerprint density at radius 2 is 2.00 bits per heavy atom. The lowest BCUT2D eigenvalue weighted by atomic mass is 10.2. The summed E-state index contributed by atoms with van der Waals surface area (Å²) in [4.78, 5) is 11.4. The number of phenolic OH excluding ortho intramolecular Hbond substituents is 1. The van der Waals surface area contributed by atoms with Crippen LogP contribution in [0, 0.1) is 0 Å². The van der Waals surface area contributed by atoms with E-state index in [0.717, 1.165) is 12.1 Å². The van der Waals surface area contributed by atoms with Gasteiger partial charge in [0.2, 0.25) is 0 Å². The Hall–Kier alpha value is -2.11. The van der Waals surface area contributed by atoms with Crippen molar-refractivity contribution in [2.24, 2.45) is 0 Å². The Morgan fingerprint density at radius 3 is 2.57 bits per heavy atom. The van der Waals surface area contributed by atoms with Gasteiger partial charge in [0.15, 0.2) is 11.5 Å². The molecule has 0 radical (unpaired) electrons. The summed E-state index contributed by atoms with van der Waals surface area (Å²) in [6.07, 6.45) is 0.330. The van der Waals surface area contributed by atoms with Crippen molar-refractivity contribution in [2.45, 2.75) is 32.8 Å².